The van der Waals surface area contributed by atoms with Crippen LogP contribution in [0.2, 0.25) is 0 Å². The van der Waals surface area contributed by atoms with Crippen molar-refractivity contribution in [3.8, 4) is 0 Å². The van der Waals surface area contributed by atoms with Crippen molar-refractivity contribution < 1.29 is 0 Å². The molecule has 0 unspecified atom stereocenters. The van der Waals surface area contributed by atoms with E-state index in [1.807, 2.05) is 0 Å². The van der Waals surface area contributed by atoms with Crippen molar-refractivity contribution in [1.82, 2.24) is 4.57 Å². The molecular formula is C11H15N. The fourth-order valence-corrected chi connectivity index (χ4v) is 1.93. The van der Waals surface area contributed by atoms with Crippen molar-refractivity contribution in [1.29, 1.82) is 0 Å². The zero-order valence-electron chi connectivity index (χ0n) is 7.64. The molecule has 2 rings (SSSR count). The summed E-state index contributed by atoms with van der Waals surface area (Å²) in [6.45, 7) is 4.08. The Kier molecular flexibility index (Phi) is 1.80. The molecular weight excluding hydrogens is 146 g/mol. The largest absolute Gasteiger partial charge is 0.354 e. The maximum Gasteiger partial charge on any atom is 0.0244 e. The summed E-state index contributed by atoms with van der Waals surface area (Å²) in [5.41, 5.74) is 4.38. The van der Waals surface area contributed by atoms with Crippen LogP contribution in [0.25, 0.3) is 0 Å². The number of rotatable bonds is 0. The molecule has 0 bridgehead atoms. The van der Waals surface area contributed by atoms with E-state index in [9.17, 15) is 0 Å². The van der Waals surface area contributed by atoms with Crippen molar-refractivity contribution in [3.05, 3.63) is 35.7 Å². The topological polar surface area (TPSA) is 4.93 Å². The van der Waals surface area contributed by atoms with Crippen molar-refractivity contribution in [2.75, 3.05) is 0 Å². The summed E-state index contributed by atoms with van der Waals surface area (Å²) in [6.07, 6.45) is 6.95. The van der Waals surface area contributed by atoms with E-state index >= 15 is 0 Å². The van der Waals surface area contributed by atoms with Crippen LogP contribution in [0, 0.1) is 0 Å². The highest BCUT2D eigenvalue weighted by atomic mass is 14.9. The number of fused-ring (bicyclic) bond motifs is 1. The molecule has 0 saturated heterocycles. The molecule has 1 aromatic heterocycles. The highest BCUT2D eigenvalue weighted by molar-refractivity contribution is 5.28. The summed E-state index contributed by atoms with van der Waals surface area (Å²) in [4.78, 5) is 0. The molecule has 0 amide bonds. The lowest BCUT2D eigenvalue weighted by Crippen LogP contribution is -1.97. The molecule has 0 saturated carbocycles. The Morgan fingerprint density at radius 3 is 3.08 bits per heavy atom. The van der Waals surface area contributed by atoms with Crippen LogP contribution < -0.4 is 0 Å². The quantitative estimate of drug-likeness (QED) is 0.407. The van der Waals surface area contributed by atoms with Crippen LogP contribution in [-0.4, -0.2) is 4.57 Å². The van der Waals surface area contributed by atoms with Gasteiger partial charge in [0.15, 0.2) is 0 Å². The van der Waals surface area contributed by atoms with Crippen LogP contribution in [0.4, 0.5) is 0 Å². The average molecular weight is 161 g/mol. The van der Waals surface area contributed by atoms with Gasteiger partial charge in [-0.15, -0.1) is 0 Å². The van der Waals surface area contributed by atoms with Crippen LogP contribution >= 0.6 is 0 Å². The van der Waals surface area contributed by atoms with Crippen LogP contribution in [0.15, 0.2) is 24.4 Å². The molecule has 0 N–H and O–H groups in total. The van der Waals surface area contributed by atoms with Crippen molar-refractivity contribution in [2.45, 2.75) is 25.7 Å². The summed E-state index contributed by atoms with van der Waals surface area (Å²) in [5, 5.41) is 0. The highest BCUT2D eigenvalue weighted by Gasteiger charge is 2.11. The second-order valence-electron chi connectivity index (χ2n) is 3.68. The van der Waals surface area contributed by atoms with Crippen LogP contribution in [0.3, 0.4) is 0 Å². The van der Waals surface area contributed by atoms with E-state index in [0.717, 1.165) is 6.42 Å². The Morgan fingerprint density at radius 2 is 2.25 bits per heavy atom. The third-order valence-electron chi connectivity index (χ3n) is 2.69. The first kappa shape index (κ1) is 7.66. The SMILES string of the molecule is C=C1CCCc2ccn(C)c2C1. The Bertz CT molecular complexity index is 307. The maximum absolute atomic E-state index is 4.08. The Balaban J connectivity index is 2.40. The third kappa shape index (κ3) is 1.20. The zero-order chi connectivity index (χ0) is 8.55. The van der Waals surface area contributed by atoms with Crippen LogP contribution in [0.5, 0.6) is 0 Å². The Labute approximate surface area is 73.7 Å². The summed E-state index contributed by atoms with van der Waals surface area (Å²) in [6, 6.07) is 2.24. The van der Waals surface area contributed by atoms with Gasteiger partial charge in [0.25, 0.3) is 0 Å². The molecule has 12 heavy (non-hydrogen) atoms. The van der Waals surface area contributed by atoms with Gasteiger partial charge in [-0.3, -0.25) is 0 Å². The number of hydrogen-bond acceptors (Lipinski definition) is 0. The van der Waals surface area contributed by atoms with E-state index in [1.165, 1.54) is 36.1 Å². The monoisotopic (exact) mass is 161 g/mol. The smallest absolute Gasteiger partial charge is 0.0244 e. The van der Waals surface area contributed by atoms with Crippen molar-refractivity contribution in [2.24, 2.45) is 7.05 Å². The molecule has 1 heterocycles. The average Bonchev–Trinajstić information content (AvgIpc) is 2.31. The third-order valence-corrected chi connectivity index (χ3v) is 2.69. The minimum absolute atomic E-state index is 1.08. The second-order valence-corrected chi connectivity index (χ2v) is 3.68. The molecule has 0 radical (unpaired) electrons. The lowest BCUT2D eigenvalue weighted by Gasteiger charge is -2.03. The van der Waals surface area contributed by atoms with Gasteiger partial charge < -0.3 is 4.57 Å². The fraction of sp³-hybridized carbons (Fsp3) is 0.455. The van der Waals surface area contributed by atoms with Crippen molar-refractivity contribution in [3.63, 3.8) is 0 Å². The first-order chi connectivity index (χ1) is 5.77. The Morgan fingerprint density at radius 1 is 1.42 bits per heavy atom. The van der Waals surface area contributed by atoms with E-state index in [-0.39, 0.29) is 0 Å². The predicted molar refractivity (Wildman–Crippen MR) is 51.2 cm³/mol. The normalized spacial score (nSPS) is 17.2. The number of aromatic nitrogens is 1. The van der Waals surface area contributed by atoms with E-state index in [0.29, 0.717) is 0 Å². The fourth-order valence-electron chi connectivity index (χ4n) is 1.93. The highest BCUT2D eigenvalue weighted by Crippen LogP contribution is 2.23. The lowest BCUT2D eigenvalue weighted by molar-refractivity contribution is 0.820. The number of allylic oxidation sites excluding steroid dienone is 1. The molecule has 0 aromatic carbocycles. The minimum atomic E-state index is 1.08. The van der Waals surface area contributed by atoms with Crippen LogP contribution in [0.1, 0.15) is 24.1 Å². The van der Waals surface area contributed by atoms with E-state index in [2.05, 4.69) is 30.5 Å². The van der Waals surface area contributed by atoms with Gasteiger partial charge >= 0.3 is 0 Å². The minimum Gasteiger partial charge on any atom is -0.354 e. The molecule has 0 fully saturated rings. The standard InChI is InChI=1S/C11H15N/c1-9-4-3-5-10-6-7-12(2)11(10)8-9/h6-7H,1,3-5,8H2,2H3. The van der Waals surface area contributed by atoms with Gasteiger partial charge in [-0.2, -0.15) is 0 Å². The molecule has 0 aliphatic heterocycles. The maximum atomic E-state index is 4.08. The molecule has 1 heteroatoms. The van der Waals surface area contributed by atoms with Gasteiger partial charge in [0.05, 0.1) is 0 Å². The van der Waals surface area contributed by atoms with Gasteiger partial charge in [0.1, 0.15) is 0 Å². The number of aryl methyl sites for hydroxylation is 2. The van der Waals surface area contributed by atoms with Gasteiger partial charge in [-0.25, -0.2) is 0 Å². The molecule has 1 aromatic rings. The van der Waals surface area contributed by atoms with Gasteiger partial charge in [0.2, 0.25) is 0 Å². The first-order valence-corrected chi connectivity index (χ1v) is 4.57. The molecule has 64 valence electrons. The van der Waals surface area contributed by atoms with Gasteiger partial charge in [-0.05, 0) is 30.9 Å². The summed E-state index contributed by atoms with van der Waals surface area (Å²) in [7, 11) is 2.12. The number of nitrogens with zero attached hydrogens (tertiary/aromatic N) is 1. The summed E-state index contributed by atoms with van der Waals surface area (Å²) >= 11 is 0. The molecule has 0 spiro atoms. The lowest BCUT2D eigenvalue weighted by atomic mass is 10.1. The van der Waals surface area contributed by atoms with Gasteiger partial charge in [-0.1, -0.05) is 12.2 Å². The molecule has 1 nitrogen and oxygen atoms in total. The van der Waals surface area contributed by atoms with Crippen LogP contribution in [-0.2, 0) is 19.9 Å². The predicted octanol–water partition coefficient (Wildman–Crippen LogP) is 2.46. The summed E-state index contributed by atoms with van der Waals surface area (Å²) < 4.78 is 2.23. The van der Waals surface area contributed by atoms with E-state index < -0.39 is 0 Å². The van der Waals surface area contributed by atoms with Crippen molar-refractivity contribution >= 4 is 0 Å². The van der Waals surface area contributed by atoms with E-state index in [4.69, 9.17) is 0 Å². The molecule has 1 aliphatic rings. The number of hydrogen-bond donors (Lipinski definition) is 0. The first-order valence-electron chi connectivity index (χ1n) is 4.57. The Hall–Kier alpha value is -0.980. The van der Waals surface area contributed by atoms with Gasteiger partial charge in [0, 0.05) is 25.4 Å². The van der Waals surface area contributed by atoms with E-state index in [1.54, 1.807) is 0 Å². The molecule has 1 aliphatic carbocycles. The second kappa shape index (κ2) is 2.81. The molecule has 0 atom stereocenters. The summed E-state index contributed by atoms with van der Waals surface area (Å²) in [5.74, 6) is 0. The zero-order valence-corrected chi connectivity index (χ0v) is 7.64.